The molecule has 0 fully saturated rings. The van der Waals surface area contributed by atoms with E-state index in [9.17, 15) is 9.59 Å². The Kier molecular flexibility index (Phi) is 5.70. The van der Waals surface area contributed by atoms with Gasteiger partial charge in [-0.3, -0.25) is 4.79 Å². The van der Waals surface area contributed by atoms with Gasteiger partial charge in [-0.15, -0.1) is 11.3 Å². The Morgan fingerprint density at radius 2 is 2.00 bits per heavy atom. The van der Waals surface area contributed by atoms with Gasteiger partial charge in [0.05, 0.1) is 11.2 Å². The van der Waals surface area contributed by atoms with Gasteiger partial charge in [0.1, 0.15) is 10.6 Å². The van der Waals surface area contributed by atoms with Crippen molar-refractivity contribution in [3.63, 3.8) is 0 Å². The summed E-state index contributed by atoms with van der Waals surface area (Å²) in [7, 11) is 1.69. The topological polar surface area (TPSA) is 79.7 Å². The number of ether oxygens (including phenoxy) is 1. The standard InChI is InChI=1S/C16H18N2O4S/c1-3-4-14-17-9-13(23-14)16(21)18(2)11-5-7-12(8-6-11)22-10-15(19)20/h5-9H,3-4,10H2,1-2H3,(H,19,20). The molecule has 1 aromatic carbocycles. The first-order valence-electron chi connectivity index (χ1n) is 7.18. The molecule has 0 saturated carbocycles. The molecule has 0 bridgehead atoms. The van der Waals surface area contributed by atoms with Crippen molar-refractivity contribution < 1.29 is 19.4 Å². The van der Waals surface area contributed by atoms with Crippen LogP contribution in [0.1, 0.15) is 28.0 Å². The zero-order chi connectivity index (χ0) is 16.8. The zero-order valence-corrected chi connectivity index (χ0v) is 13.8. The fourth-order valence-corrected chi connectivity index (χ4v) is 2.93. The number of thiazole rings is 1. The van der Waals surface area contributed by atoms with Gasteiger partial charge in [-0.2, -0.15) is 0 Å². The molecule has 0 atom stereocenters. The van der Waals surface area contributed by atoms with E-state index in [0.29, 0.717) is 16.3 Å². The predicted molar refractivity (Wildman–Crippen MR) is 88.4 cm³/mol. The number of amides is 1. The largest absolute Gasteiger partial charge is 0.482 e. The lowest BCUT2D eigenvalue weighted by atomic mass is 10.2. The minimum atomic E-state index is -1.03. The Morgan fingerprint density at radius 3 is 2.61 bits per heavy atom. The molecule has 122 valence electrons. The van der Waals surface area contributed by atoms with Crippen molar-refractivity contribution >= 4 is 28.9 Å². The number of rotatable bonds is 7. The van der Waals surface area contributed by atoms with Crippen LogP contribution in [0.15, 0.2) is 30.5 Å². The van der Waals surface area contributed by atoms with Crippen molar-refractivity contribution in [2.45, 2.75) is 19.8 Å². The molecular weight excluding hydrogens is 316 g/mol. The molecule has 1 aromatic heterocycles. The Balaban J connectivity index is 2.04. The van der Waals surface area contributed by atoms with E-state index < -0.39 is 12.6 Å². The number of aryl methyl sites for hydroxylation is 1. The number of aliphatic carboxylic acids is 1. The summed E-state index contributed by atoms with van der Waals surface area (Å²) in [5, 5.41) is 9.53. The van der Waals surface area contributed by atoms with Crippen LogP contribution in [-0.4, -0.2) is 35.6 Å². The van der Waals surface area contributed by atoms with E-state index in [1.807, 2.05) is 0 Å². The minimum absolute atomic E-state index is 0.121. The van der Waals surface area contributed by atoms with Crippen LogP contribution in [0.25, 0.3) is 0 Å². The third-order valence-electron chi connectivity index (χ3n) is 3.12. The van der Waals surface area contributed by atoms with E-state index >= 15 is 0 Å². The number of nitrogens with zero attached hydrogens (tertiary/aromatic N) is 2. The van der Waals surface area contributed by atoms with Crippen LogP contribution in [0.2, 0.25) is 0 Å². The molecule has 0 radical (unpaired) electrons. The smallest absolute Gasteiger partial charge is 0.341 e. The zero-order valence-electron chi connectivity index (χ0n) is 13.0. The van der Waals surface area contributed by atoms with Crippen LogP contribution < -0.4 is 9.64 Å². The highest BCUT2D eigenvalue weighted by atomic mass is 32.1. The Labute approximate surface area is 138 Å². The molecule has 23 heavy (non-hydrogen) atoms. The summed E-state index contributed by atoms with van der Waals surface area (Å²) < 4.78 is 5.07. The molecule has 1 amide bonds. The molecule has 0 aliphatic carbocycles. The molecule has 0 spiro atoms. The van der Waals surface area contributed by atoms with Crippen molar-refractivity contribution in [2.75, 3.05) is 18.6 Å². The number of hydrogen-bond donors (Lipinski definition) is 1. The Bertz CT molecular complexity index is 682. The molecular formula is C16H18N2O4S. The lowest BCUT2D eigenvalue weighted by Crippen LogP contribution is -2.25. The molecule has 2 aromatic rings. The number of hydrogen-bond acceptors (Lipinski definition) is 5. The number of carboxylic acids is 1. The van der Waals surface area contributed by atoms with Gasteiger partial charge in [-0.25, -0.2) is 9.78 Å². The van der Waals surface area contributed by atoms with Gasteiger partial charge in [0, 0.05) is 12.7 Å². The third kappa shape index (κ3) is 4.53. The number of benzene rings is 1. The average molecular weight is 334 g/mol. The second-order valence-electron chi connectivity index (χ2n) is 4.91. The summed E-state index contributed by atoms with van der Waals surface area (Å²) >= 11 is 1.41. The highest BCUT2D eigenvalue weighted by Gasteiger charge is 2.16. The maximum atomic E-state index is 12.5. The van der Waals surface area contributed by atoms with Crippen molar-refractivity contribution in [3.8, 4) is 5.75 Å². The van der Waals surface area contributed by atoms with Gasteiger partial charge in [-0.05, 0) is 37.1 Å². The van der Waals surface area contributed by atoms with E-state index in [4.69, 9.17) is 9.84 Å². The van der Waals surface area contributed by atoms with E-state index in [1.165, 1.54) is 16.2 Å². The number of carbonyl (C=O) groups excluding carboxylic acids is 1. The number of aromatic nitrogens is 1. The number of anilines is 1. The third-order valence-corrected chi connectivity index (χ3v) is 4.16. The Hall–Kier alpha value is -2.41. The molecule has 0 unspecified atom stereocenters. The van der Waals surface area contributed by atoms with Crippen molar-refractivity contribution in [2.24, 2.45) is 0 Å². The number of carbonyl (C=O) groups is 2. The summed E-state index contributed by atoms with van der Waals surface area (Å²) in [5.74, 6) is -0.710. The fraction of sp³-hybridized carbons (Fsp3) is 0.312. The molecule has 0 aliphatic rings. The fourth-order valence-electron chi connectivity index (χ4n) is 1.93. The van der Waals surface area contributed by atoms with Crippen LogP contribution >= 0.6 is 11.3 Å². The maximum absolute atomic E-state index is 12.5. The average Bonchev–Trinajstić information content (AvgIpc) is 3.01. The van der Waals surface area contributed by atoms with Gasteiger partial charge < -0.3 is 14.7 Å². The van der Waals surface area contributed by atoms with Crippen LogP contribution in [-0.2, 0) is 11.2 Å². The molecule has 7 heteroatoms. The molecule has 1 N–H and O–H groups in total. The lowest BCUT2D eigenvalue weighted by Gasteiger charge is -2.16. The van der Waals surface area contributed by atoms with Gasteiger partial charge in [0.2, 0.25) is 0 Å². The summed E-state index contributed by atoms with van der Waals surface area (Å²) in [6.45, 7) is 1.68. The first-order valence-corrected chi connectivity index (χ1v) is 8.00. The molecule has 6 nitrogen and oxygen atoms in total. The second-order valence-corrected chi connectivity index (χ2v) is 6.02. The van der Waals surface area contributed by atoms with E-state index in [0.717, 1.165) is 17.8 Å². The highest BCUT2D eigenvalue weighted by molar-refractivity contribution is 7.13. The Morgan fingerprint density at radius 1 is 1.30 bits per heavy atom. The SMILES string of the molecule is CCCc1ncc(C(=O)N(C)c2ccc(OCC(=O)O)cc2)s1. The van der Waals surface area contributed by atoms with Gasteiger partial charge in [-0.1, -0.05) is 6.92 Å². The van der Waals surface area contributed by atoms with Crippen LogP contribution in [0.4, 0.5) is 5.69 Å². The first-order chi connectivity index (χ1) is 11.0. The minimum Gasteiger partial charge on any atom is -0.482 e. The van der Waals surface area contributed by atoms with Crippen molar-refractivity contribution in [1.82, 2.24) is 4.98 Å². The van der Waals surface area contributed by atoms with Crippen molar-refractivity contribution in [1.29, 1.82) is 0 Å². The lowest BCUT2D eigenvalue weighted by molar-refractivity contribution is -0.139. The van der Waals surface area contributed by atoms with Crippen LogP contribution in [0.5, 0.6) is 5.75 Å². The molecule has 2 rings (SSSR count). The normalized spacial score (nSPS) is 10.3. The van der Waals surface area contributed by atoms with Gasteiger partial charge >= 0.3 is 5.97 Å². The molecule has 0 aliphatic heterocycles. The van der Waals surface area contributed by atoms with Gasteiger partial charge in [0.25, 0.3) is 5.91 Å². The van der Waals surface area contributed by atoms with E-state index in [-0.39, 0.29) is 5.91 Å². The summed E-state index contributed by atoms with van der Waals surface area (Å²) in [4.78, 5) is 29.3. The maximum Gasteiger partial charge on any atom is 0.341 e. The van der Waals surface area contributed by atoms with Gasteiger partial charge in [0.15, 0.2) is 6.61 Å². The van der Waals surface area contributed by atoms with E-state index in [2.05, 4.69) is 11.9 Å². The predicted octanol–water partition coefficient (Wildman–Crippen LogP) is 2.84. The molecule has 0 saturated heterocycles. The van der Waals surface area contributed by atoms with E-state index in [1.54, 1.807) is 37.5 Å². The summed E-state index contributed by atoms with van der Waals surface area (Å²) in [5.41, 5.74) is 0.697. The first kappa shape index (κ1) is 17.0. The molecule has 1 heterocycles. The van der Waals surface area contributed by atoms with Crippen molar-refractivity contribution in [3.05, 3.63) is 40.3 Å². The number of carboxylic acid groups (broad SMARTS) is 1. The quantitative estimate of drug-likeness (QED) is 0.842. The monoisotopic (exact) mass is 334 g/mol. The van der Waals surface area contributed by atoms with Crippen LogP contribution in [0.3, 0.4) is 0 Å². The summed E-state index contributed by atoms with van der Waals surface area (Å²) in [6.07, 6.45) is 3.48. The van der Waals surface area contributed by atoms with Crippen LogP contribution in [0, 0.1) is 0 Å². The second kappa shape index (κ2) is 7.73. The highest BCUT2D eigenvalue weighted by Crippen LogP contribution is 2.22. The summed E-state index contributed by atoms with van der Waals surface area (Å²) in [6, 6.07) is 6.70.